The maximum atomic E-state index is 11.2. The minimum Gasteiger partial charge on any atom is -0.481 e. The zero-order valence-corrected chi connectivity index (χ0v) is 8.74. The molecule has 5 heteroatoms. The SMILES string of the molecule is CCC(CNC(=O)C(C)OC)C(=O)O. The zero-order valence-electron chi connectivity index (χ0n) is 8.74. The van der Waals surface area contributed by atoms with E-state index in [4.69, 9.17) is 9.84 Å². The molecular weight excluding hydrogens is 186 g/mol. The molecule has 0 aromatic rings. The number of nitrogens with one attached hydrogen (secondary N) is 1. The van der Waals surface area contributed by atoms with E-state index in [0.29, 0.717) is 6.42 Å². The van der Waals surface area contributed by atoms with Crippen molar-refractivity contribution in [3.05, 3.63) is 0 Å². The number of hydrogen-bond acceptors (Lipinski definition) is 3. The Balaban J connectivity index is 3.91. The molecule has 0 aromatic heterocycles. The van der Waals surface area contributed by atoms with E-state index >= 15 is 0 Å². The van der Waals surface area contributed by atoms with Gasteiger partial charge in [0, 0.05) is 13.7 Å². The van der Waals surface area contributed by atoms with Crippen molar-refractivity contribution >= 4 is 11.9 Å². The van der Waals surface area contributed by atoms with Gasteiger partial charge in [-0.15, -0.1) is 0 Å². The van der Waals surface area contributed by atoms with Crippen LogP contribution in [0.25, 0.3) is 0 Å². The van der Waals surface area contributed by atoms with Gasteiger partial charge in [-0.25, -0.2) is 0 Å². The summed E-state index contributed by atoms with van der Waals surface area (Å²) in [5.41, 5.74) is 0. The minimum atomic E-state index is -0.891. The van der Waals surface area contributed by atoms with Crippen LogP contribution >= 0.6 is 0 Å². The summed E-state index contributed by atoms with van der Waals surface area (Å²) in [5.74, 6) is -1.70. The number of hydrogen-bond donors (Lipinski definition) is 2. The van der Waals surface area contributed by atoms with Crippen molar-refractivity contribution in [1.29, 1.82) is 0 Å². The first kappa shape index (κ1) is 12.9. The number of carbonyl (C=O) groups is 2. The van der Waals surface area contributed by atoms with Crippen LogP contribution in [0.1, 0.15) is 20.3 Å². The molecular formula is C9H17NO4. The molecule has 2 N–H and O–H groups in total. The van der Waals surface area contributed by atoms with Gasteiger partial charge in [0.1, 0.15) is 6.10 Å². The van der Waals surface area contributed by atoms with E-state index in [9.17, 15) is 9.59 Å². The number of amides is 1. The summed E-state index contributed by atoms with van der Waals surface area (Å²) in [7, 11) is 1.43. The monoisotopic (exact) mass is 203 g/mol. The molecule has 0 saturated heterocycles. The molecule has 0 saturated carbocycles. The van der Waals surface area contributed by atoms with E-state index in [1.54, 1.807) is 13.8 Å². The quantitative estimate of drug-likeness (QED) is 0.648. The number of aliphatic carboxylic acids is 1. The molecule has 2 unspecified atom stereocenters. The highest BCUT2D eigenvalue weighted by atomic mass is 16.5. The fourth-order valence-electron chi connectivity index (χ4n) is 0.881. The first-order chi connectivity index (χ1) is 6.52. The third-order valence-electron chi connectivity index (χ3n) is 2.09. The highest BCUT2D eigenvalue weighted by Crippen LogP contribution is 2.00. The van der Waals surface area contributed by atoms with E-state index in [1.165, 1.54) is 7.11 Å². The molecule has 0 rings (SSSR count). The van der Waals surface area contributed by atoms with Gasteiger partial charge >= 0.3 is 5.97 Å². The fourth-order valence-corrected chi connectivity index (χ4v) is 0.881. The average Bonchev–Trinajstić information content (AvgIpc) is 2.16. The van der Waals surface area contributed by atoms with E-state index in [0.717, 1.165) is 0 Å². The third-order valence-corrected chi connectivity index (χ3v) is 2.09. The van der Waals surface area contributed by atoms with Crippen LogP contribution in [-0.4, -0.2) is 36.7 Å². The first-order valence-electron chi connectivity index (χ1n) is 4.56. The third kappa shape index (κ3) is 4.23. The molecule has 2 atom stereocenters. The summed E-state index contributed by atoms with van der Waals surface area (Å²) in [5, 5.41) is 11.2. The van der Waals surface area contributed by atoms with Gasteiger partial charge in [0.25, 0.3) is 0 Å². The Morgan fingerprint density at radius 2 is 2.07 bits per heavy atom. The number of ether oxygens (including phenoxy) is 1. The maximum absolute atomic E-state index is 11.2. The van der Waals surface area contributed by atoms with Crippen LogP contribution in [0.2, 0.25) is 0 Å². The number of carboxylic acids is 1. The van der Waals surface area contributed by atoms with Gasteiger partial charge in [0.05, 0.1) is 5.92 Å². The van der Waals surface area contributed by atoms with Crippen molar-refractivity contribution < 1.29 is 19.4 Å². The summed E-state index contributed by atoms with van der Waals surface area (Å²) in [6.07, 6.45) is -0.0435. The molecule has 0 heterocycles. The Kier molecular flexibility index (Phi) is 5.87. The smallest absolute Gasteiger partial charge is 0.308 e. The van der Waals surface area contributed by atoms with Crippen LogP contribution in [0.5, 0.6) is 0 Å². The van der Waals surface area contributed by atoms with Gasteiger partial charge in [-0.05, 0) is 13.3 Å². The molecule has 1 amide bonds. The van der Waals surface area contributed by atoms with E-state index in [1.807, 2.05) is 0 Å². The van der Waals surface area contributed by atoms with Crippen LogP contribution in [0, 0.1) is 5.92 Å². The molecule has 82 valence electrons. The van der Waals surface area contributed by atoms with Crippen molar-refractivity contribution in [2.75, 3.05) is 13.7 Å². The van der Waals surface area contributed by atoms with Crippen molar-refractivity contribution in [3.63, 3.8) is 0 Å². The van der Waals surface area contributed by atoms with Crippen LogP contribution in [0.15, 0.2) is 0 Å². The lowest BCUT2D eigenvalue weighted by Crippen LogP contribution is -2.38. The molecule has 0 spiro atoms. The van der Waals surface area contributed by atoms with E-state index < -0.39 is 18.0 Å². The molecule has 0 fully saturated rings. The van der Waals surface area contributed by atoms with Crippen LogP contribution in [-0.2, 0) is 14.3 Å². The molecule has 0 aliphatic rings. The van der Waals surface area contributed by atoms with Crippen molar-refractivity contribution in [2.45, 2.75) is 26.4 Å². The van der Waals surface area contributed by atoms with Crippen LogP contribution < -0.4 is 5.32 Å². The Labute approximate surface area is 83.4 Å². The Morgan fingerprint density at radius 1 is 1.50 bits per heavy atom. The lowest BCUT2D eigenvalue weighted by atomic mass is 10.1. The van der Waals surface area contributed by atoms with E-state index in [-0.39, 0.29) is 12.5 Å². The Hall–Kier alpha value is -1.10. The molecule has 14 heavy (non-hydrogen) atoms. The normalized spacial score (nSPS) is 14.5. The molecule has 0 aliphatic carbocycles. The maximum Gasteiger partial charge on any atom is 0.308 e. The number of rotatable bonds is 6. The van der Waals surface area contributed by atoms with Crippen molar-refractivity contribution in [2.24, 2.45) is 5.92 Å². The second-order valence-electron chi connectivity index (χ2n) is 3.07. The summed E-state index contributed by atoms with van der Waals surface area (Å²) in [6.45, 7) is 3.53. The summed E-state index contributed by atoms with van der Waals surface area (Å²) < 4.78 is 4.78. The van der Waals surface area contributed by atoms with E-state index in [2.05, 4.69) is 5.32 Å². The van der Waals surface area contributed by atoms with Gasteiger partial charge < -0.3 is 15.2 Å². The average molecular weight is 203 g/mol. The Bertz CT molecular complexity index is 205. The predicted octanol–water partition coefficient (Wildman–Crippen LogP) is 0.248. The van der Waals surface area contributed by atoms with Crippen LogP contribution in [0.3, 0.4) is 0 Å². The zero-order chi connectivity index (χ0) is 11.1. The molecule has 0 radical (unpaired) electrons. The first-order valence-corrected chi connectivity index (χ1v) is 4.56. The molecule has 0 aromatic carbocycles. The highest BCUT2D eigenvalue weighted by Gasteiger charge is 2.17. The van der Waals surface area contributed by atoms with Gasteiger partial charge in [-0.1, -0.05) is 6.92 Å². The molecule has 5 nitrogen and oxygen atoms in total. The summed E-state index contributed by atoms with van der Waals surface area (Å²) in [6, 6.07) is 0. The lowest BCUT2D eigenvalue weighted by Gasteiger charge is -2.13. The van der Waals surface area contributed by atoms with Gasteiger partial charge in [-0.2, -0.15) is 0 Å². The highest BCUT2D eigenvalue weighted by molar-refractivity contribution is 5.81. The number of carbonyl (C=O) groups excluding carboxylic acids is 1. The molecule has 0 bridgehead atoms. The minimum absolute atomic E-state index is 0.151. The van der Waals surface area contributed by atoms with Gasteiger partial charge in [-0.3, -0.25) is 9.59 Å². The fraction of sp³-hybridized carbons (Fsp3) is 0.778. The summed E-state index contributed by atoms with van der Waals surface area (Å²) >= 11 is 0. The largest absolute Gasteiger partial charge is 0.481 e. The number of carboxylic acid groups (broad SMARTS) is 1. The topological polar surface area (TPSA) is 75.6 Å². The lowest BCUT2D eigenvalue weighted by molar-refractivity contribution is -0.142. The molecule has 0 aliphatic heterocycles. The second kappa shape index (κ2) is 6.37. The van der Waals surface area contributed by atoms with Gasteiger partial charge in [0.15, 0.2) is 0 Å². The van der Waals surface area contributed by atoms with Crippen molar-refractivity contribution in [3.8, 4) is 0 Å². The second-order valence-corrected chi connectivity index (χ2v) is 3.07. The number of methoxy groups -OCH3 is 1. The van der Waals surface area contributed by atoms with Gasteiger partial charge in [0.2, 0.25) is 5.91 Å². The predicted molar refractivity (Wildman–Crippen MR) is 50.9 cm³/mol. The van der Waals surface area contributed by atoms with Crippen molar-refractivity contribution in [1.82, 2.24) is 5.32 Å². The Morgan fingerprint density at radius 3 is 2.43 bits per heavy atom. The standard InChI is InChI=1S/C9H17NO4/c1-4-7(9(12)13)5-10-8(11)6(2)14-3/h6-7H,4-5H2,1-3H3,(H,10,11)(H,12,13). The van der Waals surface area contributed by atoms with Crippen LogP contribution in [0.4, 0.5) is 0 Å². The summed E-state index contributed by atoms with van der Waals surface area (Å²) in [4.78, 5) is 21.8.